The van der Waals surface area contributed by atoms with Gasteiger partial charge in [-0.05, 0) is 47.3 Å². The molecule has 0 saturated heterocycles. The first kappa shape index (κ1) is 16.7. The molecule has 0 fully saturated rings. The normalized spacial score (nSPS) is 11.6. The van der Waals surface area contributed by atoms with Gasteiger partial charge in [0.25, 0.3) is 0 Å². The highest BCUT2D eigenvalue weighted by molar-refractivity contribution is 7.97. The van der Waals surface area contributed by atoms with Crippen molar-refractivity contribution in [2.24, 2.45) is 16.7 Å². The molecule has 0 aliphatic heterocycles. The van der Waals surface area contributed by atoms with Gasteiger partial charge in [0.15, 0.2) is 5.70 Å². The summed E-state index contributed by atoms with van der Waals surface area (Å²) in [5, 5.41) is 14.3. The predicted octanol–water partition coefficient (Wildman–Crippen LogP) is 1.37. The molecule has 2 rings (SSSR count). The number of hydrogen-bond acceptors (Lipinski definition) is 7. The zero-order valence-electron chi connectivity index (χ0n) is 12.0. The fourth-order valence-electron chi connectivity index (χ4n) is 1.82. The van der Waals surface area contributed by atoms with Crippen molar-refractivity contribution in [2.75, 3.05) is 0 Å². The van der Waals surface area contributed by atoms with Crippen LogP contribution in [0.2, 0.25) is 0 Å². The molecule has 0 bridgehead atoms. The van der Waals surface area contributed by atoms with E-state index in [9.17, 15) is 4.79 Å². The van der Waals surface area contributed by atoms with Gasteiger partial charge in [-0.2, -0.15) is 0 Å². The van der Waals surface area contributed by atoms with E-state index < -0.39 is 11.7 Å². The van der Waals surface area contributed by atoms with Crippen LogP contribution in [0.4, 0.5) is 0 Å². The molecule has 0 spiro atoms. The number of aliphatic carboxylic acids is 1. The van der Waals surface area contributed by atoms with E-state index in [-0.39, 0.29) is 5.88 Å². The van der Waals surface area contributed by atoms with Gasteiger partial charge in [0.2, 0.25) is 5.88 Å². The molecule has 7 nitrogen and oxygen atoms in total. The number of hydrogen-bond donors (Lipinski definition) is 5. The summed E-state index contributed by atoms with van der Waals surface area (Å²) in [7, 11) is 0. The number of nitrogens with two attached hydrogens (primary N) is 3. The lowest BCUT2D eigenvalue weighted by molar-refractivity contribution is -0.132. The van der Waals surface area contributed by atoms with E-state index in [1.54, 1.807) is 12.1 Å². The molecular formula is C15H16N4O3S. The number of carboxylic acid groups (broad SMARTS) is 1. The monoisotopic (exact) mass is 332 g/mol. The molecule has 8 heteroatoms. The minimum Gasteiger partial charge on any atom is -0.476 e. The Morgan fingerprint density at radius 2 is 1.57 bits per heavy atom. The number of hydrazine groups is 1. The zero-order chi connectivity index (χ0) is 16.8. The van der Waals surface area contributed by atoms with Gasteiger partial charge in [-0.3, -0.25) is 10.6 Å². The summed E-state index contributed by atoms with van der Waals surface area (Å²) in [4.78, 5) is 11.8. The van der Waals surface area contributed by atoms with Crippen LogP contribution in [0, 0.1) is 0 Å². The largest absolute Gasteiger partial charge is 0.476 e. The van der Waals surface area contributed by atoms with Crippen LogP contribution in [-0.2, 0) is 4.79 Å². The lowest BCUT2D eigenvalue weighted by Gasteiger charge is -2.11. The molecular weight excluding hydrogens is 316 g/mol. The van der Waals surface area contributed by atoms with Gasteiger partial charge in [0, 0.05) is 4.90 Å². The van der Waals surface area contributed by atoms with Gasteiger partial charge < -0.3 is 15.6 Å². The van der Waals surface area contributed by atoms with Gasteiger partial charge in [-0.25, -0.2) is 10.6 Å². The first-order chi connectivity index (χ1) is 11.0. The summed E-state index contributed by atoms with van der Waals surface area (Å²) in [5.74, 6) is 4.07. The summed E-state index contributed by atoms with van der Waals surface area (Å²) in [5.41, 5.74) is 8.98. The molecule has 0 heterocycles. The van der Waals surface area contributed by atoms with Gasteiger partial charge in [-0.15, -0.1) is 0 Å². The van der Waals surface area contributed by atoms with Crippen molar-refractivity contribution in [1.82, 2.24) is 5.43 Å². The third-order valence-corrected chi connectivity index (χ3v) is 3.55. The molecule has 0 amide bonds. The van der Waals surface area contributed by atoms with Gasteiger partial charge in [0.05, 0.1) is 0 Å². The fraction of sp³-hybridized carbons (Fsp3) is 0. The molecule has 0 saturated carbocycles. The van der Waals surface area contributed by atoms with Gasteiger partial charge in [0.1, 0.15) is 5.75 Å². The van der Waals surface area contributed by atoms with Crippen LogP contribution in [0.3, 0.4) is 0 Å². The van der Waals surface area contributed by atoms with Crippen molar-refractivity contribution in [3.8, 4) is 16.9 Å². The Morgan fingerprint density at radius 3 is 2.00 bits per heavy atom. The molecule has 0 aliphatic carbocycles. The second-order valence-electron chi connectivity index (χ2n) is 4.46. The lowest BCUT2D eigenvalue weighted by atomic mass is 10.1. The average Bonchev–Trinajstić information content (AvgIpc) is 2.59. The highest BCUT2D eigenvalue weighted by atomic mass is 32.2. The van der Waals surface area contributed by atoms with E-state index in [1.165, 1.54) is 11.9 Å². The van der Waals surface area contributed by atoms with Crippen molar-refractivity contribution >= 4 is 17.9 Å². The van der Waals surface area contributed by atoms with E-state index in [0.717, 1.165) is 16.0 Å². The van der Waals surface area contributed by atoms with Crippen molar-refractivity contribution in [3.05, 3.63) is 60.1 Å². The number of rotatable bonds is 6. The summed E-state index contributed by atoms with van der Waals surface area (Å²) < 4.78 is 5.33. The first-order valence-electron chi connectivity index (χ1n) is 6.50. The van der Waals surface area contributed by atoms with Gasteiger partial charge >= 0.3 is 5.97 Å². The van der Waals surface area contributed by atoms with E-state index >= 15 is 0 Å². The maximum absolute atomic E-state index is 10.8. The summed E-state index contributed by atoms with van der Waals surface area (Å²) in [6.07, 6.45) is 0. The highest BCUT2D eigenvalue weighted by Crippen LogP contribution is 2.25. The third-order valence-electron chi connectivity index (χ3n) is 3.00. The summed E-state index contributed by atoms with van der Waals surface area (Å²) in [6.45, 7) is 0. The van der Waals surface area contributed by atoms with Crippen molar-refractivity contribution < 1.29 is 14.6 Å². The van der Waals surface area contributed by atoms with Crippen LogP contribution in [0.1, 0.15) is 0 Å². The maximum Gasteiger partial charge on any atom is 0.357 e. The minimum atomic E-state index is -1.33. The zero-order valence-corrected chi connectivity index (χ0v) is 12.8. The maximum atomic E-state index is 10.8. The van der Waals surface area contributed by atoms with Crippen LogP contribution in [0.25, 0.3) is 11.1 Å². The van der Waals surface area contributed by atoms with E-state index in [4.69, 9.17) is 26.6 Å². The van der Waals surface area contributed by atoms with E-state index in [0.29, 0.717) is 5.75 Å². The fourth-order valence-corrected chi connectivity index (χ4v) is 2.11. The molecule has 0 atom stereocenters. The second kappa shape index (κ2) is 7.54. The molecule has 120 valence electrons. The first-order valence-corrected chi connectivity index (χ1v) is 7.38. The van der Waals surface area contributed by atoms with Crippen LogP contribution < -0.4 is 26.9 Å². The van der Waals surface area contributed by atoms with Crippen LogP contribution >= 0.6 is 11.9 Å². The number of nitrogens with one attached hydrogen (secondary N) is 1. The number of ether oxygens (including phenoxy) is 1. The Balaban J connectivity index is 2.18. The van der Waals surface area contributed by atoms with E-state index in [1.807, 2.05) is 36.4 Å². The highest BCUT2D eigenvalue weighted by Gasteiger charge is 2.12. The Hall–Kier alpha value is -2.68. The van der Waals surface area contributed by atoms with Crippen LogP contribution in [0.5, 0.6) is 5.75 Å². The van der Waals surface area contributed by atoms with Gasteiger partial charge in [-0.1, -0.05) is 24.3 Å². The molecule has 0 unspecified atom stereocenters. The lowest BCUT2D eigenvalue weighted by Crippen LogP contribution is -2.31. The van der Waals surface area contributed by atoms with E-state index in [2.05, 4.69) is 5.43 Å². The standard InChI is InChI=1S/C15H16N4O3S/c16-13(15(20)21)14(19-17)22-11-5-1-9(2-6-11)10-3-7-12(23-18)8-4-10/h1-8,19H,16-18H2,(H,20,21)/b14-13+. The second-order valence-corrected chi connectivity index (χ2v) is 5.17. The molecule has 0 radical (unpaired) electrons. The number of benzene rings is 2. The molecule has 0 aromatic heterocycles. The van der Waals surface area contributed by atoms with Crippen LogP contribution in [-0.4, -0.2) is 11.1 Å². The summed E-state index contributed by atoms with van der Waals surface area (Å²) in [6, 6.07) is 14.8. The van der Waals surface area contributed by atoms with Crippen molar-refractivity contribution in [2.45, 2.75) is 4.90 Å². The quantitative estimate of drug-likeness (QED) is 0.176. The molecule has 2 aromatic rings. The molecule has 2 aromatic carbocycles. The molecule has 8 N–H and O–H groups in total. The minimum absolute atomic E-state index is 0.227. The number of carbonyl (C=O) groups is 1. The molecule has 23 heavy (non-hydrogen) atoms. The smallest absolute Gasteiger partial charge is 0.357 e. The van der Waals surface area contributed by atoms with Crippen LogP contribution in [0.15, 0.2) is 65.0 Å². The van der Waals surface area contributed by atoms with Crippen molar-refractivity contribution in [3.63, 3.8) is 0 Å². The average molecular weight is 332 g/mol. The Labute approximate surface area is 137 Å². The Bertz CT molecular complexity index is 715. The third kappa shape index (κ3) is 4.16. The topological polar surface area (TPSA) is 137 Å². The predicted molar refractivity (Wildman–Crippen MR) is 88.7 cm³/mol. The van der Waals surface area contributed by atoms with Crippen molar-refractivity contribution in [1.29, 1.82) is 0 Å². The SMILES string of the molecule is NN/C(Oc1ccc(-c2ccc(SN)cc2)cc1)=C(\N)C(=O)O. The Kier molecular flexibility index (Phi) is 5.47. The Morgan fingerprint density at radius 1 is 1.04 bits per heavy atom. The number of carboxylic acids is 1. The summed E-state index contributed by atoms with van der Waals surface area (Å²) >= 11 is 1.19. The molecule has 0 aliphatic rings.